The molecule has 2 nitrogen and oxygen atoms in total. The maximum Gasteiger partial charge on any atom is 0.0663 e. The van der Waals surface area contributed by atoms with Gasteiger partial charge >= 0.3 is 0 Å². The number of hydrogen-bond acceptors (Lipinski definition) is 2. The summed E-state index contributed by atoms with van der Waals surface area (Å²) in [5, 5.41) is 0.642. The lowest BCUT2D eigenvalue weighted by Crippen LogP contribution is -1.89. The van der Waals surface area contributed by atoms with E-state index in [9.17, 15) is 0 Å². The van der Waals surface area contributed by atoms with Gasteiger partial charge in [-0.2, -0.15) is 0 Å². The Bertz CT molecular complexity index is 453. The first kappa shape index (κ1) is 11.0. The summed E-state index contributed by atoms with van der Waals surface area (Å²) in [7, 11) is 0. The van der Waals surface area contributed by atoms with Crippen molar-refractivity contribution in [3.8, 4) is 0 Å². The van der Waals surface area contributed by atoms with Gasteiger partial charge in [-0.05, 0) is 37.1 Å². The van der Waals surface area contributed by atoms with Crippen molar-refractivity contribution in [2.24, 2.45) is 4.99 Å². The molecular weight excluding hydrogens is 220 g/mol. The van der Waals surface area contributed by atoms with Crippen molar-refractivity contribution < 1.29 is 0 Å². The fraction of sp³-hybridized carbons (Fsp3) is 0.154. The first-order chi connectivity index (χ1) is 7.75. The Morgan fingerprint density at radius 1 is 1.19 bits per heavy atom. The molecule has 1 aromatic rings. The molecule has 0 amide bonds. The topological polar surface area (TPSA) is 38.4 Å². The minimum Gasteiger partial charge on any atom is -0.399 e. The standard InChI is InChI=1S/C13H13ClN2/c14-11-7-10(8-12(15)9-11)13-5-3-1-2-4-6-16-13/h2,4-9H,1,3,15H2/b4-2-,13-5-,16-6-. The van der Waals surface area contributed by atoms with Crippen molar-refractivity contribution in [2.45, 2.75) is 12.8 Å². The second-order valence-electron chi connectivity index (χ2n) is 3.65. The van der Waals surface area contributed by atoms with E-state index < -0.39 is 0 Å². The van der Waals surface area contributed by atoms with Crippen LogP contribution in [0.4, 0.5) is 5.69 Å². The smallest absolute Gasteiger partial charge is 0.0663 e. The van der Waals surface area contributed by atoms with Crippen LogP contribution < -0.4 is 5.73 Å². The summed E-state index contributed by atoms with van der Waals surface area (Å²) in [5.41, 5.74) is 8.32. The minimum atomic E-state index is 0.642. The average molecular weight is 233 g/mol. The normalized spacial score (nSPS) is 22.7. The van der Waals surface area contributed by atoms with E-state index in [0.717, 1.165) is 24.1 Å². The van der Waals surface area contributed by atoms with Crippen LogP contribution in [0.15, 0.2) is 41.4 Å². The molecule has 0 unspecified atom stereocenters. The number of nitrogen functional groups attached to an aromatic ring is 1. The molecule has 0 saturated heterocycles. The quantitative estimate of drug-likeness (QED) is 0.737. The Hall–Kier alpha value is -1.54. The number of anilines is 1. The summed E-state index contributed by atoms with van der Waals surface area (Å²) >= 11 is 5.97. The van der Waals surface area contributed by atoms with Crippen LogP contribution in [0.1, 0.15) is 18.4 Å². The van der Waals surface area contributed by atoms with Gasteiger partial charge in [0.05, 0.1) is 5.70 Å². The van der Waals surface area contributed by atoms with Crippen molar-refractivity contribution in [3.05, 3.63) is 47.0 Å². The highest BCUT2D eigenvalue weighted by Crippen LogP contribution is 2.24. The van der Waals surface area contributed by atoms with Crippen LogP contribution in [-0.2, 0) is 0 Å². The molecule has 0 saturated carbocycles. The number of aliphatic imine (C=N–C) groups is 1. The first-order valence-corrected chi connectivity index (χ1v) is 5.59. The zero-order chi connectivity index (χ0) is 11.4. The number of hydrogen-bond donors (Lipinski definition) is 1. The first-order valence-electron chi connectivity index (χ1n) is 5.21. The summed E-state index contributed by atoms with van der Waals surface area (Å²) in [5.74, 6) is 0. The van der Waals surface area contributed by atoms with Crippen LogP contribution in [-0.4, -0.2) is 6.21 Å². The largest absolute Gasteiger partial charge is 0.399 e. The highest BCUT2D eigenvalue weighted by Gasteiger charge is 2.02. The van der Waals surface area contributed by atoms with Gasteiger partial charge in [0.15, 0.2) is 0 Å². The number of nitrogens with two attached hydrogens (primary N) is 1. The van der Waals surface area contributed by atoms with Gasteiger partial charge in [-0.3, -0.25) is 4.99 Å². The third kappa shape index (κ3) is 2.74. The summed E-state index contributed by atoms with van der Waals surface area (Å²) in [6, 6.07) is 5.50. The molecule has 0 aliphatic carbocycles. The molecule has 1 heterocycles. The van der Waals surface area contributed by atoms with Gasteiger partial charge < -0.3 is 5.73 Å². The molecule has 0 atom stereocenters. The van der Waals surface area contributed by atoms with E-state index >= 15 is 0 Å². The lowest BCUT2D eigenvalue weighted by Gasteiger charge is -2.05. The third-order valence-electron chi connectivity index (χ3n) is 2.32. The molecule has 1 aliphatic heterocycles. The average Bonchev–Trinajstić information content (AvgIpc) is 2.14. The molecule has 0 spiro atoms. The summed E-state index contributed by atoms with van der Waals surface area (Å²) in [6.07, 6.45) is 9.97. The van der Waals surface area contributed by atoms with Crippen LogP contribution in [0.3, 0.4) is 0 Å². The van der Waals surface area contributed by atoms with Gasteiger partial charge in [-0.25, -0.2) is 0 Å². The van der Waals surface area contributed by atoms with Gasteiger partial charge in [0.1, 0.15) is 0 Å². The monoisotopic (exact) mass is 232 g/mol. The molecule has 3 heteroatoms. The van der Waals surface area contributed by atoms with Gasteiger partial charge in [-0.15, -0.1) is 0 Å². The van der Waals surface area contributed by atoms with E-state index in [-0.39, 0.29) is 0 Å². The van der Waals surface area contributed by atoms with E-state index in [1.807, 2.05) is 18.2 Å². The van der Waals surface area contributed by atoms with Crippen LogP contribution in [0, 0.1) is 0 Å². The molecule has 2 rings (SSSR count). The van der Waals surface area contributed by atoms with E-state index in [4.69, 9.17) is 17.3 Å². The fourth-order valence-corrected chi connectivity index (χ4v) is 1.85. The Morgan fingerprint density at radius 3 is 2.88 bits per heavy atom. The van der Waals surface area contributed by atoms with Crippen molar-refractivity contribution in [1.82, 2.24) is 0 Å². The SMILES string of the molecule is Nc1cc(Cl)cc(C2=C/CC\C=C/C=N\2)c1. The molecule has 0 fully saturated rings. The van der Waals surface area contributed by atoms with Crippen LogP contribution >= 0.6 is 11.6 Å². The molecule has 1 aromatic carbocycles. The zero-order valence-electron chi connectivity index (χ0n) is 8.86. The maximum atomic E-state index is 5.97. The van der Waals surface area contributed by atoms with Crippen molar-refractivity contribution in [2.75, 3.05) is 5.73 Å². The number of allylic oxidation sites excluding steroid dienone is 3. The van der Waals surface area contributed by atoms with E-state index in [1.165, 1.54) is 0 Å². The number of benzene rings is 1. The van der Waals surface area contributed by atoms with Gasteiger partial charge in [0.25, 0.3) is 0 Å². The molecule has 0 bridgehead atoms. The van der Waals surface area contributed by atoms with Crippen LogP contribution in [0.2, 0.25) is 5.02 Å². The van der Waals surface area contributed by atoms with E-state index in [0.29, 0.717) is 10.7 Å². The molecule has 82 valence electrons. The van der Waals surface area contributed by atoms with Crippen LogP contribution in [0.25, 0.3) is 5.70 Å². The van der Waals surface area contributed by atoms with E-state index in [1.54, 1.807) is 12.3 Å². The van der Waals surface area contributed by atoms with Crippen molar-refractivity contribution >= 4 is 29.2 Å². The summed E-state index contributed by atoms with van der Waals surface area (Å²) < 4.78 is 0. The highest BCUT2D eigenvalue weighted by molar-refractivity contribution is 6.31. The van der Waals surface area contributed by atoms with Gasteiger partial charge in [0.2, 0.25) is 0 Å². The van der Waals surface area contributed by atoms with Gasteiger partial charge in [-0.1, -0.05) is 23.8 Å². The Labute approximate surface area is 100 Å². The number of rotatable bonds is 1. The van der Waals surface area contributed by atoms with Gasteiger partial charge in [0, 0.05) is 22.5 Å². The fourth-order valence-electron chi connectivity index (χ4n) is 1.60. The Morgan fingerprint density at radius 2 is 2.06 bits per heavy atom. The molecule has 2 N–H and O–H groups in total. The number of nitrogens with zero attached hydrogens (tertiary/aromatic N) is 1. The molecule has 0 radical (unpaired) electrons. The predicted octanol–water partition coefficient (Wildman–Crippen LogP) is 3.68. The lowest BCUT2D eigenvalue weighted by atomic mass is 10.1. The summed E-state index contributed by atoms with van der Waals surface area (Å²) in [4.78, 5) is 4.37. The third-order valence-corrected chi connectivity index (χ3v) is 2.54. The highest BCUT2D eigenvalue weighted by atomic mass is 35.5. The summed E-state index contributed by atoms with van der Waals surface area (Å²) in [6.45, 7) is 0. The molecular formula is C13H13ClN2. The molecule has 0 aromatic heterocycles. The van der Waals surface area contributed by atoms with Crippen molar-refractivity contribution in [1.29, 1.82) is 0 Å². The maximum absolute atomic E-state index is 5.97. The predicted molar refractivity (Wildman–Crippen MR) is 70.7 cm³/mol. The van der Waals surface area contributed by atoms with Crippen molar-refractivity contribution in [3.63, 3.8) is 0 Å². The second-order valence-corrected chi connectivity index (χ2v) is 4.08. The zero-order valence-corrected chi connectivity index (χ0v) is 9.61. The minimum absolute atomic E-state index is 0.642. The molecule has 1 aliphatic rings. The Kier molecular flexibility index (Phi) is 3.42. The molecule has 16 heavy (non-hydrogen) atoms. The Balaban J connectivity index is 2.38. The van der Waals surface area contributed by atoms with E-state index in [2.05, 4.69) is 17.1 Å². The van der Waals surface area contributed by atoms with Crippen LogP contribution in [0.5, 0.6) is 0 Å². The number of halogens is 1. The second kappa shape index (κ2) is 4.99. The lowest BCUT2D eigenvalue weighted by molar-refractivity contribution is 1.05.